The molecule has 112 valence electrons. The maximum atomic E-state index is 12.1. The highest BCUT2D eigenvalue weighted by molar-refractivity contribution is 5.71. The summed E-state index contributed by atoms with van der Waals surface area (Å²) in [6, 6.07) is 10.2. The predicted octanol–water partition coefficient (Wildman–Crippen LogP) is 4.12. The van der Waals surface area contributed by atoms with Crippen LogP contribution in [0.3, 0.4) is 0 Å². The van der Waals surface area contributed by atoms with Crippen LogP contribution in [0.15, 0.2) is 49.1 Å². The van der Waals surface area contributed by atoms with E-state index >= 15 is 0 Å². The summed E-state index contributed by atoms with van der Waals surface area (Å²) in [5, 5.41) is 0. The summed E-state index contributed by atoms with van der Waals surface area (Å²) >= 11 is 0. The standard InChI is InChI=1S/C18H23NO2/c1-4-8-17(14(2)3)19-16(13-21-18(19)20)12-11-15-9-6-5-7-10-15/h4-7,9-12,14,16-17H,1,8,13H2,2-3H3/b12-11+/t16-,17-/m1/s1. The Morgan fingerprint density at radius 3 is 2.71 bits per heavy atom. The van der Waals surface area contributed by atoms with Crippen LogP contribution in [-0.4, -0.2) is 29.7 Å². The molecule has 0 aromatic heterocycles. The number of nitrogens with zero attached hydrogens (tertiary/aromatic N) is 1. The number of benzene rings is 1. The molecule has 3 nitrogen and oxygen atoms in total. The number of cyclic esters (lactones) is 1. The molecule has 0 unspecified atom stereocenters. The van der Waals surface area contributed by atoms with Gasteiger partial charge < -0.3 is 4.74 Å². The minimum atomic E-state index is -0.224. The van der Waals surface area contributed by atoms with Gasteiger partial charge in [-0.2, -0.15) is 0 Å². The Hall–Kier alpha value is -2.03. The molecule has 0 spiro atoms. The van der Waals surface area contributed by atoms with E-state index in [0.717, 1.165) is 12.0 Å². The van der Waals surface area contributed by atoms with Crippen molar-refractivity contribution in [3.63, 3.8) is 0 Å². The predicted molar refractivity (Wildman–Crippen MR) is 85.9 cm³/mol. The summed E-state index contributed by atoms with van der Waals surface area (Å²) < 4.78 is 5.25. The first-order chi connectivity index (χ1) is 10.1. The van der Waals surface area contributed by atoms with Crippen LogP contribution in [0, 0.1) is 5.92 Å². The second-order valence-electron chi connectivity index (χ2n) is 5.66. The van der Waals surface area contributed by atoms with E-state index in [9.17, 15) is 4.79 Å². The normalized spacial score (nSPS) is 20.0. The van der Waals surface area contributed by atoms with Gasteiger partial charge in [-0.15, -0.1) is 6.58 Å². The Kier molecular flexibility index (Phi) is 5.20. The van der Waals surface area contributed by atoms with Gasteiger partial charge in [0.2, 0.25) is 0 Å². The second-order valence-corrected chi connectivity index (χ2v) is 5.66. The van der Waals surface area contributed by atoms with Crippen molar-refractivity contribution in [2.45, 2.75) is 32.4 Å². The largest absolute Gasteiger partial charge is 0.447 e. The molecule has 0 N–H and O–H groups in total. The fourth-order valence-electron chi connectivity index (χ4n) is 2.64. The molecule has 1 aliphatic heterocycles. The van der Waals surface area contributed by atoms with Gasteiger partial charge in [0, 0.05) is 6.04 Å². The smallest absolute Gasteiger partial charge is 0.410 e. The molecule has 1 saturated heterocycles. The van der Waals surface area contributed by atoms with Crippen LogP contribution >= 0.6 is 0 Å². The van der Waals surface area contributed by atoms with E-state index in [1.165, 1.54) is 0 Å². The van der Waals surface area contributed by atoms with Crippen molar-refractivity contribution in [3.05, 3.63) is 54.6 Å². The van der Waals surface area contributed by atoms with Crippen molar-refractivity contribution in [1.82, 2.24) is 4.90 Å². The van der Waals surface area contributed by atoms with Crippen LogP contribution in [-0.2, 0) is 4.74 Å². The molecule has 1 aromatic rings. The third-order valence-electron chi connectivity index (χ3n) is 3.79. The summed E-state index contributed by atoms with van der Waals surface area (Å²) in [6.07, 6.45) is 6.53. The molecule has 0 aliphatic carbocycles. The van der Waals surface area contributed by atoms with Crippen molar-refractivity contribution >= 4 is 12.2 Å². The number of amides is 1. The van der Waals surface area contributed by atoms with E-state index in [4.69, 9.17) is 4.74 Å². The van der Waals surface area contributed by atoms with E-state index in [1.807, 2.05) is 47.4 Å². The highest BCUT2D eigenvalue weighted by Gasteiger charge is 2.37. The Morgan fingerprint density at radius 2 is 2.10 bits per heavy atom. The van der Waals surface area contributed by atoms with E-state index in [1.54, 1.807) is 0 Å². The zero-order valence-electron chi connectivity index (χ0n) is 12.7. The molecular weight excluding hydrogens is 262 g/mol. The molecular formula is C18H23NO2. The lowest BCUT2D eigenvalue weighted by Crippen LogP contribution is -2.44. The molecule has 3 heteroatoms. The molecule has 1 fully saturated rings. The summed E-state index contributed by atoms with van der Waals surface area (Å²) in [6.45, 7) is 8.47. The van der Waals surface area contributed by atoms with Crippen LogP contribution in [0.1, 0.15) is 25.8 Å². The van der Waals surface area contributed by atoms with E-state index < -0.39 is 0 Å². The summed E-state index contributed by atoms with van der Waals surface area (Å²) in [4.78, 5) is 13.9. The van der Waals surface area contributed by atoms with Gasteiger partial charge in [-0.1, -0.05) is 62.4 Å². The average Bonchev–Trinajstić information content (AvgIpc) is 2.84. The van der Waals surface area contributed by atoms with Gasteiger partial charge in [0.15, 0.2) is 0 Å². The third kappa shape index (κ3) is 3.75. The summed E-state index contributed by atoms with van der Waals surface area (Å²) in [5.74, 6) is 0.362. The summed E-state index contributed by atoms with van der Waals surface area (Å²) in [7, 11) is 0. The van der Waals surface area contributed by atoms with Gasteiger partial charge in [-0.3, -0.25) is 4.90 Å². The van der Waals surface area contributed by atoms with Gasteiger partial charge in [0.05, 0.1) is 6.04 Å². The lowest BCUT2D eigenvalue weighted by Gasteiger charge is -2.31. The molecule has 0 bridgehead atoms. The van der Waals surface area contributed by atoms with Crippen molar-refractivity contribution in [1.29, 1.82) is 0 Å². The topological polar surface area (TPSA) is 29.5 Å². The van der Waals surface area contributed by atoms with Gasteiger partial charge in [0.1, 0.15) is 6.61 Å². The SMILES string of the molecule is C=CC[C@H](C(C)C)N1C(=O)OC[C@H]1/C=C/c1ccccc1. The lowest BCUT2D eigenvalue weighted by atomic mass is 9.98. The Labute approximate surface area is 126 Å². The van der Waals surface area contributed by atoms with Crippen LogP contribution in [0.2, 0.25) is 0 Å². The van der Waals surface area contributed by atoms with Gasteiger partial charge >= 0.3 is 6.09 Å². The van der Waals surface area contributed by atoms with Crippen molar-refractivity contribution < 1.29 is 9.53 Å². The first-order valence-corrected chi connectivity index (χ1v) is 7.42. The molecule has 1 aliphatic rings. The van der Waals surface area contributed by atoms with E-state index in [0.29, 0.717) is 12.5 Å². The molecule has 21 heavy (non-hydrogen) atoms. The quantitative estimate of drug-likeness (QED) is 0.736. The van der Waals surface area contributed by atoms with Crippen molar-refractivity contribution in [2.24, 2.45) is 5.92 Å². The highest BCUT2D eigenvalue weighted by Crippen LogP contribution is 2.24. The van der Waals surface area contributed by atoms with Gasteiger partial charge in [-0.25, -0.2) is 4.79 Å². The van der Waals surface area contributed by atoms with Gasteiger partial charge in [0.25, 0.3) is 0 Å². The maximum absolute atomic E-state index is 12.1. The molecule has 2 rings (SSSR count). The van der Waals surface area contributed by atoms with Crippen LogP contribution in [0.4, 0.5) is 4.79 Å². The number of rotatable bonds is 6. The molecule has 2 atom stereocenters. The fraction of sp³-hybridized carbons (Fsp3) is 0.389. The summed E-state index contributed by atoms with van der Waals surface area (Å²) in [5.41, 5.74) is 1.13. The highest BCUT2D eigenvalue weighted by atomic mass is 16.6. The van der Waals surface area contributed by atoms with Crippen LogP contribution in [0.25, 0.3) is 6.08 Å². The first-order valence-electron chi connectivity index (χ1n) is 7.42. The van der Waals surface area contributed by atoms with Crippen molar-refractivity contribution in [3.8, 4) is 0 Å². The monoisotopic (exact) mass is 285 g/mol. The average molecular weight is 285 g/mol. The minimum Gasteiger partial charge on any atom is -0.447 e. The number of carbonyl (C=O) groups is 1. The van der Waals surface area contributed by atoms with E-state index in [2.05, 4.69) is 26.5 Å². The van der Waals surface area contributed by atoms with E-state index in [-0.39, 0.29) is 18.2 Å². The second kappa shape index (κ2) is 7.11. The zero-order valence-corrected chi connectivity index (χ0v) is 12.7. The molecule has 0 saturated carbocycles. The van der Waals surface area contributed by atoms with Crippen LogP contribution < -0.4 is 0 Å². The number of ether oxygens (including phenoxy) is 1. The fourth-order valence-corrected chi connectivity index (χ4v) is 2.64. The third-order valence-corrected chi connectivity index (χ3v) is 3.79. The lowest BCUT2D eigenvalue weighted by molar-refractivity contribution is 0.135. The van der Waals surface area contributed by atoms with Crippen LogP contribution in [0.5, 0.6) is 0 Å². The Morgan fingerprint density at radius 1 is 1.38 bits per heavy atom. The van der Waals surface area contributed by atoms with Crippen molar-refractivity contribution in [2.75, 3.05) is 6.61 Å². The number of hydrogen-bond donors (Lipinski definition) is 0. The molecule has 0 radical (unpaired) electrons. The maximum Gasteiger partial charge on any atom is 0.410 e. The molecule has 1 heterocycles. The Balaban J connectivity index is 2.16. The minimum absolute atomic E-state index is 0.00921. The van der Waals surface area contributed by atoms with Gasteiger partial charge in [-0.05, 0) is 17.9 Å². The number of carbonyl (C=O) groups excluding carboxylic acids is 1. The first kappa shape index (κ1) is 15.4. The molecule has 1 aromatic carbocycles. The molecule has 1 amide bonds. The zero-order chi connectivity index (χ0) is 15.2. The number of hydrogen-bond acceptors (Lipinski definition) is 2. The Bertz CT molecular complexity index is 507.